The van der Waals surface area contributed by atoms with Crippen molar-refractivity contribution in [2.24, 2.45) is 5.41 Å². The normalized spacial score (nSPS) is 19.4. The van der Waals surface area contributed by atoms with Crippen LogP contribution in [-0.2, 0) is 16.6 Å². The largest absolute Gasteiger partial charge is 0.392 e. The Kier molecular flexibility index (Phi) is 4.12. The first-order valence-electron chi connectivity index (χ1n) is 6.26. The summed E-state index contributed by atoms with van der Waals surface area (Å²) >= 11 is 5.81. The van der Waals surface area contributed by atoms with Crippen LogP contribution in [0.5, 0.6) is 0 Å². The van der Waals surface area contributed by atoms with Gasteiger partial charge in [0, 0.05) is 23.7 Å². The van der Waals surface area contributed by atoms with Crippen molar-refractivity contribution in [1.82, 2.24) is 4.31 Å². The highest BCUT2D eigenvalue weighted by Crippen LogP contribution is 2.34. The lowest BCUT2D eigenvalue weighted by molar-refractivity contribution is 0.274. The van der Waals surface area contributed by atoms with Gasteiger partial charge in [0.15, 0.2) is 0 Å². The second-order valence-electron chi connectivity index (χ2n) is 5.79. The lowest BCUT2D eigenvalue weighted by Gasteiger charge is -2.20. The summed E-state index contributed by atoms with van der Waals surface area (Å²) in [5, 5.41) is 9.16. The standard InChI is InChI=1S/C13H17ClFNO3S/c1-13(2)3-4-16(8-13)20(18,19)11-6-10(14)5-9(7-17)12(11)15/h5-6,17H,3-4,7-8H2,1-2H3. The van der Waals surface area contributed by atoms with E-state index >= 15 is 0 Å². The van der Waals surface area contributed by atoms with Crippen LogP contribution in [0, 0.1) is 11.2 Å². The molecule has 112 valence electrons. The first kappa shape index (κ1) is 15.7. The van der Waals surface area contributed by atoms with Gasteiger partial charge in [0.1, 0.15) is 10.7 Å². The molecule has 0 saturated carbocycles. The third-order valence-corrected chi connectivity index (χ3v) is 5.57. The van der Waals surface area contributed by atoms with Crippen LogP contribution >= 0.6 is 11.6 Å². The van der Waals surface area contributed by atoms with Crippen molar-refractivity contribution >= 4 is 21.6 Å². The number of hydrogen-bond donors (Lipinski definition) is 1. The quantitative estimate of drug-likeness (QED) is 0.930. The van der Waals surface area contributed by atoms with Crippen LogP contribution in [0.15, 0.2) is 17.0 Å². The third-order valence-electron chi connectivity index (χ3n) is 3.51. The summed E-state index contributed by atoms with van der Waals surface area (Å²) in [5.41, 5.74) is -0.239. The molecule has 1 saturated heterocycles. The Labute approximate surface area is 123 Å². The van der Waals surface area contributed by atoms with E-state index < -0.39 is 27.3 Å². The maximum atomic E-state index is 14.2. The summed E-state index contributed by atoms with van der Waals surface area (Å²) in [6, 6.07) is 2.32. The molecule has 0 aliphatic carbocycles. The lowest BCUT2D eigenvalue weighted by atomic mass is 9.93. The Hall–Kier alpha value is -0.690. The SMILES string of the molecule is CC1(C)CCN(S(=O)(=O)c2cc(Cl)cc(CO)c2F)C1. The monoisotopic (exact) mass is 321 g/mol. The maximum Gasteiger partial charge on any atom is 0.246 e. The number of halogens is 2. The number of benzene rings is 1. The summed E-state index contributed by atoms with van der Waals surface area (Å²) in [5.74, 6) is -0.929. The zero-order valence-corrected chi connectivity index (χ0v) is 12.9. The number of rotatable bonds is 3. The minimum absolute atomic E-state index is 0.0903. The summed E-state index contributed by atoms with van der Waals surface area (Å²) in [6.45, 7) is 4.04. The molecule has 0 bridgehead atoms. The summed E-state index contributed by atoms with van der Waals surface area (Å²) in [4.78, 5) is -0.466. The van der Waals surface area contributed by atoms with Gasteiger partial charge in [0.25, 0.3) is 0 Å². The van der Waals surface area contributed by atoms with Crippen LogP contribution in [0.1, 0.15) is 25.8 Å². The second kappa shape index (κ2) is 5.26. The molecule has 0 spiro atoms. The highest BCUT2D eigenvalue weighted by Gasteiger charge is 2.38. The molecule has 1 fully saturated rings. The van der Waals surface area contributed by atoms with E-state index in [1.807, 2.05) is 13.8 Å². The molecule has 20 heavy (non-hydrogen) atoms. The van der Waals surface area contributed by atoms with Crippen LogP contribution in [0.4, 0.5) is 4.39 Å². The van der Waals surface area contributed by atoms with Crippen molar-refractivity contribution in [3.63, 3.8) is 0 Å². The van der Waals surface area contributed by atoms with E-state index in [0.717, 1.165) is 12.5 Å². The molecule has 1 heterocycles. The fourth-order valence-corrected chi connectivity index (χ4v) is 4.40. The van der Waals surface area contributed by atoms with E-state index in [0.29, 0.717) is 13.1 Å². The number of aliphatic hydroxyl groups is 1. The van der Waals surface area contributed by atoms with Crippen LogP contribution in [0.2, 0.25) is 5.02 Å². The van der Waals surface area contributed by atoms with Crippen LogP contribution in [0.25, 0.3) is 0 Å². The zero-order chi connectivity index (χ0) is 15.1. The van der Waals surface area contributed by atoms with Crippen LogP contribution in [0.3, 0.4) is 0 Å². The van der Waals surface area contributed by atoms with E-state index in [-0.39, 0.29) is 16.0 Å². The second-order valence-corrected chi connectivity index (χ2v) is 8.13. The number of nitrogens with zero attached hydrogens (tertiary/aromatic N) is 1. The van der Waals surface area contributed by atoms with Crippen molar-refractivity contribution in [3.05, 3.63) is 28.5 Å². The average Bonchev–Trinajstić information content (AvgIpc) is 2.72. The molecule has 1 aromatic rings. The minimum Gasteiger partial charge on any atom is -0.392 e. The average molecular weight is 322 g/mol. The van der Waals surface area contributed by atoms with E-state index in [1.165, 1.54) is 10.4 Å². The first-order chi connectivity index (χ1) is 9.17. The number of aliphatic hydroxyl groups excluding tert-OH is 1. The lowest BCUT2D eigenvalue weighted by Crippen LogP contribution is -2.31. The molecule has 1 aromatic carbocycles. The molecule has 2 rings (SSSR count). The first-order valence-corrected chi connectivity index (χ1v) is 8.08. The molecule has 4 nitrogen and oxygen atoms in total. The molecule has 1 aliphatic rings. The van der Waals surface area contributed by atoms with Gasteiger partial charge in [0.2, 0.25) is 10.0 Å². The van der Waals surface area contributed by atoms with Gasteiger partial charge < -0.3 is 5.11 Å². The van der Waals surface area contributed by atoms with Gasteiger partial charge in [-0.25, -0.2) is 12.8 Å². The highest BCUT2D eigenvalue weighted by molar-refractivity contribution is 7.89. The number of hydrogen-bond acceptors (Lipinski definition) is 3. The van der Waals surface area contributed by atoms with Gasteiger partial charge in [-0.15, -0.1) is 0 Å². The minimum atomic E-state index is -3.93. The zero-order valence-electron chi connectivity index (χ0n) is 11.4. The molecule has 0 atom stereocenters. The van der Waals surface area contributed by atoms with Gasteiger partial charge in [-0.1, -0.05) is 25.4 Å². The molecule has 7 heteroatoms. The van der Waals surface area contributed by atoms with Crippen molar-refractivity contribution in [3.8, 4) is 0 Å². The van der Waals surface area contributed by atoms with E-state index in [2.05, 4.69) is 0 Å². The van der Waals surface area contributed by atoms with E-state index in [9.17, 15) is 12.8 Å². The topological polar surface area (TPSA) is 57.6 Å². The molecule has 1 N–H and O–H groups in total. The van der Waals surface area contributed by atoms with Crippen molar-refractivity contribution < 1.29 is 17.9 Å². The van der Waals surface area contributed by atoms with Crippen molar-refractivity contribution in [2.75, 3.05) is 13.1 Å². The van der Waals surface area contributed by atoms with Gasteiger partial charge >= 0.3 is 0 Å². The Morgan fingerprint density at radius 2 is 2.10 bits per heavy atom. The predicted molar refractivity (Wildman–Crippen MR) is 74.5 cm³/mol. The highest BCUT2D eigenvalue weighted by atomic mass is 35.5. The van der Waals surface area contributed by atoms with Gasteiger partial charge in [-0.3, -0.25) is 0 Å². The molecule has 0 aromatic heterocycles. The fourth-order valence-electron chi connectivity index (χ4n) is 2.33. The van der Waals surface area contributed by atoms with E-state index in [4.69, 9.17) is 16.7 Å². The van der Waals surface area contributed by atoms with Crippen LogP contribution in [-0.4, -0.2) is 30.9 Å². The summed E-state index contributed by atoms with van der Waals surface area (Å²) < 4.78 is 40.5. The Bertz CT molecular complexity index is 631. The molecule has 0 radical (unpaired) electrons. The van der Waals surface area contributed by atoms with Gasteiger partial charge in [-0.05, 0) is 24.0 Å². The molecule has 1 aliphatic heterocycles. The smallest absolute Gasteiger partial charge is 0.246 e. The Balaban J connectivity index is 2.48. The molecular formula is C13H17ClFNO3S. The molecule has 0 unspecified atom stereocenters. The summed E-state index contributed by atoms with van der Waals surface area (Å²) in [6.07, 6.45) is 0.723. The predicted octanol–water partition coefficient (Wildman–Crippen LogP) is 2.39. The molecular weight excluding hydrogens is 305 g/mol. The van der Waals surface area contributed by atoms with Gasteiger partial charge in [-0.2, -0.15) is 4.31 Å². The number of sulfonamides is 1. The maximum absolute atomic E-state index is 14.2. The third kappa shape index (κ3) is 2.83. The fraction of sp³-hybridized carbons (Fsp3) is 0.538. The van der Waals surface area contributed by atoms with Crippen LogP contribution < -0.4 is 0 Å². The van der Waals surface area contributed by atoms with Crippen molar-refractivity contribution in [2.45, 2.75) is 31.8 Å². The molecule has 0 amide bonds. The summed E-state index contributed by atoms with van der Waals surface area (Å²) in [7, 11) is -3.93. The Morgan fingerprint density at radius 1 is 1.45 bits per heavy atom. The van der Waals surface area contributed by atoms with E-state index in [1.54, 1.807) is 0 Å². The van der Waals surface area contributed by atoms with Gasteiger partial charge in [0.05, 0.1) is 6.61 Å². The van der Waals surface area contributed by atoms with Crippen molar-refractivity contribution in [1.29, 1.82) is 0 Å². The Morgan fingerprint density at radius 3 is 2.60 bits per heavy atom.